The van der Waals surface area contributed by atoms with E-state index in [1.807, 2.05) is 0 Å². The zero-order chi connectivity index (χ0) is 21.1. The van der Waals surface area contributed by atoms with E-state index in [1.54, 1.807) is 6.07 Å². The molecular formula is C19H14N6O4. The molecule has 2 aromatic carbocycles. The van der Waals surface area contributed by atoms with Gasteiger partial charge >= 0.3 is 5.97 Å². The molecule has 0 atom stereocenters. The third kappa shape index (κ3) is 3.52. The number of nitrogens with two attached hydrogens (primary N) is 1. The summed E-state index contributed by atoms with van der Waals surface area (Å²) in [6.45, 7) is 0. The molecule has 1 aliphatic rings. The maximum atomic E-state index is 12.8. The van der Waals surface area contributed by atoms with E-state index < -0.39 is 23.6 Å². The number of fused-ring (bicyclic) bond motifs is 1. The number of benzene rings is 2. The van der Waals surface area contributed by atoms with Crippen LogP contribution in [0, 0.1) is 16.7 Å². The Morgan fingerprint density at radius 2 is 1.83 bits per heavy atom. The lowest BCUT2D eigenvalue weighted by atomic mass is 10.1. The molecule has 0 bridgehead atoms. The third-order valence-corrected chi connectivity index (χ3v) is 4.09. The second-order valence-electron chi connectivity index (χ2n) is 5.84. The lowest BCUT2D eigenvalue weighted by Crippen LogP contribution is -2.29. The van der Waals surface area contributed by atoms with E-state index in [0.717, 1.165) is 4.90 Å². The number of carbonyl (C=O) groups excluding carboxylic acids is 3. The lowest BCUT2D eigenvalue weighted by molar-refractivity contribution is 0.0600. The van der Waals surface area contributed by atoms with Gasteiger partial charge in [-0.1, -0.05) is 0 Å². The van der Waals surface area contributed by atoms with Gasteiger partial charge in [-0.05, 0) is 42.5 Å². The fraction of sp³-hybridized carbons (Fsp3) is 0.0526. The van der Waals surface area contributed by atoms with Crippen LogP contribution in [-0.4, -0.2) is 36.4 Å². The van der Waals surface area contributed by atoms with Gasteiger partial charge in [0.1, 0.15) is 6.07 Å². The molecule has 2 amide bonds. The van der Waals surface area contributed by atoms with E-state index in [9.17, 15) is 14.4 Å². The van der Waals surface area contributed by atoms with Crippen LogP contribution in [0.2, 0.25) is 0 Å². The number of hydrogen-bond acceptors (Lipinski definition) is 8. The molecule has 0 spiro atoms. The molecule has 0 saturated carbocycles. The average Bonchev–Trinajstić information content (AvgIpc) is 2.97. The van der Waals surface area contributed by atoms with E-state index in [2.05, 4.69) is 15.3 Å². The molecule has 0 unspecified atom stereocenters. The molecular weight excluding hydrogens is 376 g/mol. The van der Waals surface area contributed by atoms with Crippen LogP contribution in [0.25, 0.3) is 0 Å². The Bertz CT molecular complexity index is 1110. The van der Waals surface area contributed by atoms with Gasteiger partial charge in [0, 0.05) is 0 Å². The first-order chi connectivity index (χ1) is 13.9. The Morgan fingerprint density at radius 3 is 2.41 bits per heavy atom. The number of hydrazone groups is 1. The van der Waals surface area contributed by atoms with Gasteiger partial charge in [0.2, 0.25) is 5.71 Å². The number of nitrogens with zero attached hydrogens (tertiary/aromatic N) is 3. The maximum Gasteiger partial charge on any atom is 0.337 e. The van der Waals surface area contributed by atoms with Crippen LogP contribution >= 0.6 is 0 Å². The van der Waals surface area contributed by atoms with E-state index >= 15 is 0 Å². The normalized spacial score (nSPS) is 13.0. The number of nitrogens with one attached hydrogen (secondary N) is 2. The summed E-state index contributed by atoms with van der Waals surface area (Å²) in [5, 5.41) is 19.8. The number of methoxy groups -OCH3 is 1. The molecule has 144 valence electrons. The molecule has 0 saturated heterocycles. The zero-order valence-electron chi connectivity index (χ0n) is 15.1. The highest BCUT2D eigenvalue weighted by molar-refractivity contribution is 6.45. The van der Waals surface area contributed by atoms with E-state index in [1.165, 1.54) is 49.6 Å². The van der Waals surface area contributed by atoms with Crippen LogP contribution < -0.4 is 16.1 Å². The van der Waals surface area contributed by atoms with Crippen molar-refractivity contribution < 1.29 is 19.1 Å². The van der Waals surface area contributed by atoms with Gasteiger partial charge < -0.3 is 10.5 Å². The fourth-order valence-corrected chi connectivity index (χ4v) is 2.68. The summed E-state index contributed by atoms with van der Waals surface area (Å²) in [6.07, 6.45) is 0. The van der Waals surface area contributed by atoms with Gasteiger partial charge in [-0.25, -0.2) is 9.69 Å². The number of nitriles is 1. The zero-order valence-corrected chi connectivity index (χ0v) is 15.1. The quantitative estimate of drug-likeness (QED) is 0.229. The van der Waals surface area contributed by atoms with Gasteiger partial charge in [0.05, 0.1) is 35.2 Å². The molecule has 1 aliphatic heterocycles. The van der Waals surface area contributed by atoms with Crippen molar-refractivity contribution in [2.75, 3.05) is 17.4 Å². The van der Waals surface area contributed by atoms with Gasteiger partial charge in [0.15, 0.2) is 5.84 Å². The minimum absolute atomic E-state index is 0.147. The highest BCUT2D eigenvalue weighted by Gasteiger charge is 2.36. The van der Waals surface area contributed by atoms with Gasteiger partial charge in [-0.3, -0.25) is 20.4 Å². The van der Waals surface area contributed by atoms with Crippen LogP contribution in [-0.2, 0) is 4.74 Å². The summed E-state index contributed by atoms with van der Waals surface area (Å²) < 4.78 is 4.63. The minimum Gasteiger partial charge on any atom is -0.465 e. The standard InChI is InChI=1S/C19H14N6O4/c1-29-19(28)10-2-5-12(6-3-10)25-17(26)13-7-4-11(8-14(13)18(25)27)23-24-15(9-20)16(21)22/h2-8,23H,1H3,(H3,21,22)/b24-15+. The number of anilines is 2. The smallest absolute Gasteiger partial charge is 0.337 e. The first kappa shape index (κ1) is 19.2. The van der Waals surface area contributed by atoms with Crippen molar-refractivity contribution in [1.29, 1.82) is 10.7 Å². The molecule has 10 heteroatoms. The van der Waals surface area contributed by atoms with Crippen LogP contribution in [0.3, 0.4) is 0 Å². The number of amides is 2. The Morgan fingerprint density at radius 1 is 1.17 bits per heavy atom. The number of imide groups is 1. The first-order valence-corrected chi connectivity index (χ1v) is 8.16. The highest BCUT2D eigenvalue weighted by Crippen LogP contribution is 2.30. The number of esters is 1. The number of carbonyl (C=O) groups is 3. The lowest BCUT2D eigenvalue weighted by Gasteiger charge is -2.14. The Labute approximate surface area is 164 Å². The Kier molecular flexibility index (Phi) is 5.05. The number of amidine groups is 1. The van der Waals surface area contributed by atoms with E-state index in [0.29, 0.717) is 11.4 Å². The average molecular weight is 390 g/mol. The van der Waals surface area contributed by atoms with Crippen molar-refractivity contribution in [2.45, 2.75) is 0 Å². The van der Waals surface area contributed by atoms with Crippen molar-refractivity contribution in [1.82, 2.24) is 0 Å². The molecule has 1 heterocycles. The molecule has 2 aromatic rings. The summed E-state index contributed by atoms with van der Waals surface area (Å²) >= 11 is 0. The Balaban J connectivity index is 1.88. The molecule has 0 radical (unpaired) electrons. The SMILES string of the molecule is COC(=O)c1ccc(N2C(=O)c3ccc(N/N=C(\C#N)C(=N)N)cc3C2=O)cc1. The fourth-order valence-electron chi connectivity index (χ4n) is 2.68. The van der Waals surface area contributed by atoms with Crippen molar-refractivity contribution in [3.05, 3.63) is 59.2 Å². The molecule has 10 nitrogen and oxygen atoms in total. The van der Waals surface area contributed by atoms with Crippen molar-refractivity contribution in [3.8, 4) is 6.07 Å². The second kappa shape index (κ2) is 7.61. The molecule has 0 fully saturated rings. The first-order valence-electron chi connectivity index (χ1n) is 8.16. The topological polar surface area (TPSA) is 162 Å². The van der Waals surface area contributed by atoms with E-state index in [4.69, 9.17) is 16.4 Å². The predicted molar refractivity (Wildman–Crippen MR) is 104 cm³/mol. The number of ether oxygens (including phenoxy) is 1. The largest absolute Gasteiger partial charge is 0.465 e. The van der Waals surface area contributed by atoms with Crippen molar-refractivity contribution in [2.24, 2.45) is 10.8 Å². The summed E-state index contributed by atoms with van der Waals surface area (Å²) in [7, 11) is 1.26. The summed E-state index contributed by atoms with van der Waals surface area (Å²) in [5.74, 6) is -2.09. The van der Waals surface area contributed by atoms with Crippen LogP contribution in [0.15, 0.2) is 47.6 Å². The number of hydrogen-bond donors (Lipinski definition) is 3. The van der Waals surface area contributed by atoms with Crippen molar-refractivity contribution in [3.63, 3.8) is 0 Å². The van der Waals surface area contributed by atoms with Crippen molar-refractivity contribution >= 4 is 40.7 Å². The number of rotatable bonds is 5. The molecule has 3 rings (SSSR count). The van der Waals surface area contributed by atoms with Gasteiger partial charge in [0.25, 0.3) is 11.8 Å². The summed E-state index contributed by atoms with van der Waals surface area (Å²) in [6, 6.07) is 11.9. The van der Waals surface area contributed by atoms with Gasteiger partial charge in [-0.15, -0.1) is 0 Å². The van der Waals surface area contributed by atoms with Crippen LogP contribution in [0.4, 0.5) is 11.4 Å². The molecule has 0 aromatic heterocycles. The highest BCUT2D eigenvalue weighted by atomic mass is 16.5. The molecule has 29 heavy (non-hydrogen) atoms. The molecule has 0 aliphatic carbocycles. The maximum absolute atomic E-state index is 12.8. The monoisotopic (exact) mass is 390 g/mol. The molecule has 4 N–H and O–H groups in total. The predicted octanol–water partition coefficient (Wildman–Crippen LogP) is 1.50. The minimum atomic E-state index is -0.546. The van der Waals surface area contributed by atoms with Crippen LogP contribution in [0.1, 0.15) is 31.1 Å². The summed E-state index contributed by atoms with van der Waals surface area (Å²) in [5.41, 5.74) is 8.71. The third-order valence-electron chi connectivity index (χ3n) is 4.09. The second-order valence-corrected chi connectivity index (χ2v) is 5.84. The van der Waals surface area contributed by atoms with E-state index in [-0.39, 0.29) is 22.4 Å². The Hall–Kier alpha value is -4.52. The van der Waals surface area contributed by atoms with Crippen LogP contribution in [0.5, 0.6) is 0 Å². The summed E-state index contributed by atoms with van der Waals surface area (Å²) in [4.78, 5) is 38.0. The van der Waals surface area contributed by atoms with Gasteiger partial charge in [-0.2, -0.15) is 10.4 Å².